The molecular formula is C2HCl3NO. The fourth-order valence-electron chi connectivity index (χ4n) is 0. The van der Waals surface area contributed by atoms with Crippen LogP contribution in [0, 0.1) is 5.41 Å². The van der Waals surface area contributed by atoms with Gasteiger partial charge in [-0.3, -0.25) is 10.5 Å². The first kappa shape index (κ1) is 7.34. The lowest BCUT2D eigenvalue weighted by molar-refractivity contribution is 0.413. The third kappa shape index (κ3) is 2.97. The molecular weight excluding hydrogens is 160 g/mol. The summed E-state index contributed by atoms with van der Waals surface area (Å²) in [6.45, 7) is 0. The summed E-state index contributed by atoms with van der Waals surface area (Å²) in [5, 5.41) is 15.9. The van der Waals surface area contributed by atoms with E-state index in [0.29, 0.717) is 0 Å². The summed E-state index contributed by atoms with van der Waals surface area (Å²) in [5.74, 6) is -1.21. The maximum absolute atomic E-state index is 9.74. The molecule has 1 radical (unpaired) electrons. The molecule has 7 heavy (non-hydrogen) atoms. The average Bonchev–Trinajstić information content (AvgIpc) is 1.31. The molecule has 0 saturated heterocycles. The highest BCUT2D eigenvalue weighted by molar-refractivity contribution is 6.75. The van der Waals surface area contributed by atoms with Gasteiger partial charge >= 0.3 is 0 Å². The molecule has 0 aromatic rings. The second-order valence-corrected chi connectivity index (χ2v) is 3.11. The predicted molar refractivity (Wildman–Crippen MR) is 28.7 cm³/mol. The van der Waals surface area contributed by atoms with Crippen LogP contribution in [0.15, 0.2) is 0 Å². The molecule has 1 N–H and O–H groups in total. The van der Waals surface area contributed by atoms with Crippen molar-refractivity contribution in [3.8, 4) is 0 Å². The molecule has 0 bridgehead atoms. The largest absolute Gasteiger partial charge is 0.290 e. The van der Waals surface area contributed by atoms with Gasteiger partial charge in [-0.25, -0.2) is 0 Å². The maximum atomic E-state index is 9.74. The van der Waals surface area contributed by atoms with Crippen LogP contribution >= 0.6 is 34.8 Å². The normalized spacial score (nSPS) is 11.3. The molecule has 0 aromatic heterocycles. The Bertz CT molecular complexity index is 85.4. The van der Waals surface area contributed by atoms with Gasteiger partial charge in [-0.05, 0) is 0 Å². The second kappa shape index (κ2) is 2.07. The summed E-state index contributed by atoms with van der Waals surface area (Å²) in [4.78, 5) is 0. The number of halogens is 3. The molecule has 0 rings (SSSR count). The number of hydrogen-bond donors (Lipinski definition) is 1. The third-order valence-corrected chi connectivity index (χ3v) is 0.772. The highest BCUT2D eigenvalue weighted by atomic mass is 35.6. The topological polar surface area (TPSA) is 43.8 Å². The molecule has 0 aliphatic carbocycles. The van der Waals surface area contributed by atoms with Crippen LogP contribution in [0.4, 0.5) is 0 Å². The van der Waals surface area contributed by atoms with E-state index in [0.717, 1.165) is 0 Å². The van der Waals surface area contributed by atoms with Crippen LogP contribution in [0.25, 0.3) is 0 Å². The molecule has 0 unspecified atom stereocenters. The predicted octanol–water partition coefficient (Wildman–Crippen LogP) is 1.76. The minimum atomic E-state index is -2.06. The van der Waals surface area contributed by atoms with Crippen LogP contribution in [0.5, 0.6) is 0 Å². The van der Waals surface area contributed by atoms with Crippen LogP contribution in [-0.2, 0) is 5.11 Å². The maximum Gasteiger partial charge on any atom is 0.290 e. The van der Waals surface area contributed by atoms with Crippen molar-refractivity contribution in [2.75, 3.05) is 0 Å². The summed E-state index contributed by atoms with van der Waals surface area (Å²) in [6.07, 6.45) is 0. The van der Waals surface area contributed by atoms with E-state index in [1.165, 1.54) is 0 Å². The lowest BCUT2D eigenvalue weighted by atomic mass is 10.8. The van der Waals surface area contributed by atoms with E-state index in [1.807, 2.05) is 0 Å². The molecule has 0 amide bonds. The monoisotopic (exact) mass is 160 g/mol. The van der Waals surface area contributed by atoms with Gasteiger partial charge in [-0.15, -0.1) is 0 Å². The van der Waals surface area contributed by atoms with Gasteiger partial charge < -0.3 is 0 Å². The first-order valence-electron chi connectivity index (χ1n) is 1.27. The zero-order valence-electron chi connectivity index (χ0n) is 3.04. The van der Waals surface area contributed by atoms with Crippen molar-refractivity contribution in [1.82, 2.24) is 0 Å². The summed E-state index contributed by atoms with van der Waals surface area (Å²) < 4.78 is -2.06. The van der Waals surface area contributed by atoms with Gasteiger partial charge in [0.2, 0.25) is 0 Å². The van der Waals surface area contributed by atoms with Crippen molar-refractivity contribution in [3.63, 3.8) is 0 Å². The van der Waals surface area contributed by atoms with E-state index in [4.69, 9.17) is 40.2 Å². The molecule has 0 spiro atoms. The van der Waals surface area contributed by atoms with Gasteiger partial charge in [0, 0.05) is 0 Å². The first-order valence-corrected chi connectivity index (χ1v) is 2.40. The first-order chi connectivity index (χ1) is 2.94. The molecule has 0 aliphatic heterocycles. The van der Waals surface area contributed by atoms with Crippen molar-refractivity contribution >= 4 is 40.7 Å². The zero-order chi connectivity index (χ0) is 6.08. The summed E-state index contributed by atoms with van der Waals surface area (Å²) in [5.41, 5.74) is 0. The van der Waals surface area contributed by atoms with Crippen molar-refractivity contribution in [1.29, 1.82) is 5.41 Å². The number of rotatable bonds is 0. The Morgan fingerprint density at radius 2 is 1.57 bits per heavy atom. The fraction of sp³-hybridized carbons (Fsp3) is 0.500. The van der Waals surface area contributed by atoms with Crippen LogP contribution < -0.4 is 0 Å². The lowest BCUT2D eigenvalue weighted by Gasteiger charge is -1.99. The van der Waals surface area contributed by atoms with E-state index in [9.17, 15) is 5.11 Å². The standard InChI is InChI=1S/C2HCl3NO/c3-2(4,5)1(6)7/h6H. The Morgan fingerprint density at radius 1 is 1.43 bits per heavy atom. The number of alkyl halides is 3. The fourth-order valence-corrected chi connectivity index (χ4v) is 0. The molecule has 0 aromatic carbocycles. The van der Waals surface area contributed by atoms with Crippen molar-refractivity contribution in [2.24, 2.45) is 0 Å². The second-order valence-electron chi connectivity index (χ2n) is 0.827. The molecule has 0 saturated carbocycles. The smallest absolute Gasteiger partial charge is 0.268 e. The Labute approximate surface area is 55.5 Å². The Kier molecular flexibility index (Phi) is 2.17. The quantitative estimate of drug-likeness (QED) is 0.320. The molecule has 0 aliphatic rings. The van der Waals surface area contributed by atoms with Gasteiger partial charge in [-0.1, -0.05) is 34.8 Å². The van der Waals surface area contributed by atoms with Gasteiger partial charge in [0.1, 0.15) is 0 Å². The number of hydrogen-bond acceptors (Lipinski definition) is 1. The van der Waals surface area contributed by atoms with Gasteiger partial charge in [-0.2, -0.15) is 0 Å². The van der Waals surface area contributed by atoms with Crippen LogP contribution in [0.2, 0.25) is 0 Å². The minimum Gasteiger partial charge on any atom is -0.268 e. The molecule has 0 fully saturated rings. The van der Waals surface area contributed by atoms with Crippen molar-refractivity contribution in [2.45, 2.75) is 3.79 Å². The Balaban J connectivity index is 3.79. The molecule has 41 valence electrons. The SMILES string of the molecule is N=C([O])C(Cl)(Cl)Cl. The van der Waals surface area contributed by atoms with E-state index in [-0.39, 0.29) is 0 Å². The summed E-state index contributed by atoms with van der Waals surface area (Å²) in [7, 11) is 0. The van der Waals surface area contributed by atoms with E-state index in [2.05, 4.69) is 0 Å². The Hall–Kier alpha value is 0.340. The van der Waals surface area contributed by atoms with Gasteiger partial charge in [0.05, 0.1) is 0 Å². The summed E-state index contributed by atoms with van der Waals surface area (Å²) >= 11 is 14.6. The van der Waals surface area contributed by atoms with Crippen LogP contribution in [0.1, 0.15) is 0 Å². The summed E-state index contributed by atoms with van der Waals surface area (Å²) in [6, 6.07) is 0. The third-order valence-electron chi connectivity index (χ3n) is 0.257. The van der Waals surface area contributed by atoms with E-state index < -0.39 is 9.69 Å². The van der Waals surface area contributed by atoms with Gasteiger partial charge in [0.25, 0.3) is 9.69 Å². The van der Waals surface area contributed by atoms with E-state index >= 15 is 0 Å². The molecule has 0 atom stereocenters. The van der Waals surface area contributed by atoms with Crippen LogP contribution in [0.3, 0.4) is 0 Å². The average molecular weight is 161 g/mol. The van der Waals surface area contributed by atoms with Crippen LogP contribution in [-0.4, -0.2) is 9.69 Å². The lowest BCUT2D eigenvalue weighted by Crippen LogP contribution is -2.14. The minimum absolute atomic E-state index is 1.21. The number of nitrogens with one attached hydrogen (secondary N) is 1. The molecule has 5 heteroatoms. The van der Waals surface area contributed by atoms with Crippen molar-refractivity contribution in [3.05, 3.63) is 0 Å². The Morgan fingerprint density at radius 3 is 1.57 bits per heavy atom. The molecule has 2 nitrogen and oxygen atoms in total. The van der Waals surface area contributed by atoms with Crippen molar-refractivity contribution < 1.29 is 5.11 Å². The van der Waals surface area contributed by atoms with E-state index in [1.54, 1.807) is 0 Å². The highest BCUT2D eigenvalue weighted by Gasteiger charge is 2.27. The zero-order valence-corrected chi connectivity index (χ0v) is 5.31. The van der Waals surface area contributed by atoms with Gasteiger partial charge in [0.15, 0.2) is 0 Å². The molecule has 0 heterocycles. The highest BCUT2D eigenvalue weighted by Crippen LogP contribution is 2.25.